The van der Waals surface area contributed by atoms with Gasteiger partial charge in [-0.05, 0) is 90.0 Å². The number of aliphatic imine (C=N–C) groups is 3. The number of benzene rings is 1. The van der Waals surface area contributed by atoms with E-state index in [1.165, 1.54) is 34.9 Å². The summed E-state index contributed by atoms with van der Waals surface area (Å²) in [5.74, 6) is -6.75. The number of nitrogens with two attached hydrogens (primary N) is 7. The number of unbranched alkanes of at least 4 members (excludes halogenated alkanes) is 1. The molecule has 0 saturated carbocycles. The van der Waals surface area contributed by atoms with Crippen molar-refractivity contribution in [1.82, 2.24) is 51.3 Å². The van der Waals surface area contributed by atoms with Crippen molar-refractivity contribution in [3.63, 3.8) is 0 Å². The summed E-state index contributed by atoms with van der Waals surface area (Å²) in [7, 11) is 3.12. The Balaban J connectivity index is 1.94. The highest BCUT2D eigenvalue weighted by molar-refractivity contribution is 6.05. The fourth-order valence-corrected chi connectivity index (χ4v) is 8.43. The van der Waals surface area contributed by atoms with Crippen LogP contribution < -0.4 is 66.7 Å². The summed E-state index contributed by atoms with van der Waals surface area (Å²) in [6.45, 7) is 3.16. The van der Waals surface area contributed by atoms with Gasteiger partial charge in [0, 0.05) is 78.1 Å². The summed E-state index contributed by atoms with van der Waals surface area (Å²) >= 11 is 0. The number of likely N-dealkylation sites (tertiary alicyclic amines) is 1. The lowest BCUT2D eigenvalue weighted by atomic mass is 9.90. The van der Waals surface area contributed by atoms with E-state index >= 15 is 0 Å². The Kier molecular flexibility index (Phi) is 27.7. The van der Waals surface area contributed by atoms with Gasteiger partial charge in [0.1, 0.15) is 35.6 Å². The molecule has 2 heterocycles. The van der Waals surface area contributed by atoms with Crippen LogP contribution in [-0.4, -0.2) is 186 Å². The Labute approximate surface area is 466 Å². The zero-order chi connectivity index (χ0) is 59.4. The number of rotatable bonds is 35. The number of aromatic nitrogens is 2. The number of carbonyl (C=O) groups is 9. The van der Waals surface area contributed by atoms with Crippen molar-refractivity contribution in [1.29, 1.82) is 0 Å². The fourth-order valence-electron chi connectivity index (χ4n) is 8.43. The van der Waals surface area contributed by atoms with E-state index in [2.05, 4.69) is 51.5 Å². The number of carbonyl (C=O) groups excluding carboxylic acids is 9. The number of primary amides is 1. The highest BCUT2D eigenvalue weighted by Crippen LogP contribution is 2.22. The average molecular weight is 1120 g/mol. The van der Waals surface area contributed by atoms with Crippen molar-refractivity contribution >= 4 is 71.0 Å². The quantitative estimate of drug-likeness (QED) is 0.0135. The molecule has 20 N–H and O–H groups in total. The summed E-state index contributed by atoms with van der Waals surface area (Å²) in [5.41, 5.74) is 38.7. The Morgan fingerprint density at radius 1 is 0.713 bits per heavy atom. The molecule has 1 aliphatic heterocycles. The molecule has 1 aromatic carbocycles. The predicted molar refractivity (Wildman–Crippen MR) is 300 cm³/mol. The molecule has 442 valence electrons. The van der Waals surface area contributed by atoms with E-state index in [0.29, 0.717) is 32.1 Å². The third-order valence-corrected chi connectivity index (χ3v) is 13.1. The number of hydrogen-bond donors (Lipinski definition) is 13. The van der Waals surface area contributed by atoms with Crippen LogP contribution in [0.15, 0.2) is 57.8 Å². The lowest BCUT2D eigenvalue weighted by Crippen LogP contribution is -2.59. The highest BCUT2D eigenvalue weighted by atomic mass is 16.2. The smallest absolute Gasteiger partial charge is 0.245 e. The van der Waals surface area contributed by atoms with E-state index in [9.17, 15) is 43.2 Å². The molecule has 0 spiro atoms. The predicted octanol–water partition coefficient (Wildman–Crippen LogP) is -4.00. The van der Waals surface area contributed by atoms with Gasteiger partial charge in [0.2, 0.25) is 53.2 Å². The van der Waals surface area contributed by atoms with Crippen molar-refractivity contribution < 1.29 is 43.2 Å². The lowest BCUT2D eigenvalue weighted by Gasteiger charge is -2.32. The number of imidazole rings is 1. The number of nitrogens with zero attached hydrogens (tertiary/aromatic N) is 7. The van der Waals surface area contributed by atoms with Crippen LogP contribution in [0.5, 0.6) is 0 Å². The maximum atomic E-state index is 14.8. The molecule has 29 nitrogen and oxygen atoms in total. The molecule has 1 saturated heterocycles. The third-order valence-electron chi connectivity index (χ3n) is 13.1. The maximum Gasteiger partial charge on any atom is 0.245 e. The molecule has 2 aromatic rings. The van der Waals surface area contributed by atoms with E-state index in [0.717, 1.165) is 11.3 Å². The highest BCUT2D eigenvalue weighted by Gasteiger charge is 2.42. The topological polar surface area (TPSA) is 471 Å². The molecule has 1 aromatic heterocycles. The number of H-pyrrole nitrogens is 1. The van der Waals surface area contributed by atoms with Gasteiger partial charge in [0.25, 0.3) is 0 Å². The monoisotopic (exact) mass is 1120 g/mol. The Morgan fingerprint density at radius 2 is 1.29 bits per heavy atom. The SMILES string of the molecule is CN(C)C(=O)CN(CCc1ccccc1)C(=O)[C@H](CCCN=C(N)N)NC(=O)[C@H](CCCN=C(N)N)NC(=O)[C@H]1CCCN1C(=O)[C@@H](CCCCN=C(N)N)NC(=O)[C@H](CCC(N)=O)NC(=O)C(C)(C)C(=O)NCCc1cnc[nH]1. The van der Waals surface area contributed by atoms with Crippen LogP contribution in [0.25, 0.3) is 0 Å². The van der Waals surface area contributed by atoms with E-state index in [1.54, 1.807) is 20.3 Å². The first-order valence-corrected chi connectivity index (χ1v) is 26.7. The standard InChI is InChI=1S/C51H84N20O9/c1-51(2,46(79)60-26-21-33-29-59-31-64-33)47(80)68-35(19-20-39(52)72)42(75)67-37(15-8-9-23-61-48(53)54)45(78)71-27-12-18-38(71)43(76)65-34(16-10-24-62-49(55)56)41(74)66-36(17-11-25-63-50(57)58)44(77)70(30-40(73)69(3)4)28-22-32-13-6-5-7-14-32/h5-7,13-14,29,31,34-38H,8-12,15-28,30H2,1-4H3,(H2,52,72)(H,59,64)(H,60,79)(H,65,76)(H,66,74)(H,67,75)(H,68,80)(H4,53,54,61)(H4,55,56,62)(H4,57,58,63)/t34-,35-,36-,37+,38+/m0/s1. The van der Waals surface area contributed by atoms with Crippen LogP contribution in [0.2, 0.25) is 0 Å². The van der Waals surface area contributed by atoms with Crippen molar-refractivity contribution in [2.75, 3.05) is 59.9 Å². The summed E-state index contributed by atoms with van der Waals surface area (Å²) < 4.78 is 0. The Morgan fingerprint density at radius 3 is 1.86 bits per heavy atom. The first-order chi connectivity index (χ1) is 37.9. The normalized spacial score (nSPS) is 14.4. The molecule has 0 radical (unpaired) electrons. The Bertz CT molecular complexity index is 2460. The summed E-state index contributed by atoms with van der Waals surface area (Å²) in [5, 5.41) is 13.6. The van der Waals surface area contributed by atoms with E-state index in [4.69, 9.17) is 40.1 Å². The molecule has 5 atom stereocenters. The van der Waals surface area contributed by atoms with Gasteiger partial charge in [0.05, 0.1) is 12.9 Å². The lowest BCUT2D eigenvalue weighted by molar-refractivity contribution is -0.144. The van der Waals surface area contributed by atoms with Crippen molar-refractivity contribution in [2.45, 2.75) is 128 Å². The molecule has 0 aliphatic carbocycles. The van der Waals surface area contributed by atoms with E-state index in [-0.39, 0.29) is 121 Å². The molecule has 29 heteroatoms. The number of aromatic amines is 1. The molecular formula is C51H84N20O9. The minimum atomic E-state index is -1.71. The molecule has 9 amide bonds. The van der Waals surface area contributed by atoms with Crippen LogP contribution in [0.3, 0.4) is 0 Å². The number of hydrogen-bond acceptors (Lipinski definition) is 13. The minimum absolute atomic E-state index is 0.00700. The molecule has 1 aliphatic rings. The third kappa shape index (κ3) is 23.2. The molecule has 3 rings (SSSR count). The minimum Gasteiger partial charge on any atom is -0.370 e. The van der Waals surface area contributed by atoms with Gasteiger partial charge in [-0.25, -0.2) is 4.98 Å². The summed E-state index contributed by atoms with van der Waals surface area (Å²) in [6, 6.07) is 2.88. The molecule has 80 heavy (non-hydrogen) atoms. The van der Waals surface area contributed by atoms with Gasteiger partial charge in [-0.2, -0.15) is 0 Å². The number of amides is 9. The largest absolute Gasteiger partial charge is 0.370 e. The van der Waals surface area contributed by atoms with E-state index in [1.807, 2.05) is 30.3 Å². The number of likely N-dealkylation sites (N-methyl/N-ethyl adjacent to an activating group) is 1. The first-order valence-electron chi connectivity index (χ1n) is 26.7. The Hall–Kier alpha value is -8.53. The van der Waals surface area contributed by atoms with Crippen LogP contribution in [-0.2, 0) is 56.0 Å². The van der Waals surface area contributed by atoms with Gasteiger partial charge < -0.3 is 86.4 Å². The van der Waals surface area contributed by atoms with Crippen molar-refractivity contribution in [2.24, 2.45) is 60.5 Å². The number of nitrogens with one attached hydrogen (secondary N) is 6. The van der Waals surface area contributed by atoms with Gasteiger partial charge in [-0.1, -0.05) is 30.3 Å². The maximum absolute atomic E-state index is 14.8. The van der Waals surface area contributed by atoms with Crippen LogP contribution in [0, 0.1) is 5.41 Å². The average Bonchev–Trinajstić information content (AvgIpc) is 4.13. The summed E-state index contributed by atoms with van der Waals surface area (Å²) in [4.78, 5) is 148. The van der Waals surface area contributed by atoms with E-state index < -0.39 is 82.9 Å². The van der Waals surface area contributed by atoms with Crippen molar-refractivity contribution in [3.05, 3.63) is 54.1 Å². The molecular weight excluding hydrogens is 1040 g/mol. The zero-order valence-corrected chi connectivity index (χ0v) is 46.4. The van der Waals surface area contributed by atoms with Gasteiger partial charge >= 0.3 is 0 Å². The van der Waals surface area contributed by atoms with Gasteiger partial charge in [-0.15, -0.1) is 0 Å². The van der Waals surface area contributed by atoms with Crippen LogP contribution >= 0.6 is 0 Å². The first kappa shape index (κ1) is 65.8. The summed E-state index contributed by atoms with van der Waals surface area (Å²) in [6.07, 6.45) is 4.83. The second-order valence-electron chi connectivity index (χ2n) is 20.1. The number of guanidine groups is 3. The van der Waals surface area contributed by atoms with Gasteiger partial charge in [-0.3, -0.25) is 58.1 Å². The second kappa shape index (κ2) is 33.7. The van der Waals surface area contributed by atoms with Crippen LogP contribution in [0.1, 0.15) is 95.7 Å². The van der Waals surface area contributed by atoms with Crippen molar-refractivity contribution in [3.8, 4) is 0 Å². The molecule has 1 fully saturated rings. The van der Waals surface area contributed by atoms with Gasteiger partial charge in [0.15, 0.2) is 17.9 Å². The zero-order valence-electron chi connectivity index (χ0n) is 46.4. The van der Waals surface area contributed by atoms with Crippen LogP contribution in [0.4, 0.5) is 0 Å². The fraction of sp³-hybridized carbons (Fsp3) is 0.588. The molecule has 0 unspecified atom stereocenters. The molecule has 0 bridgehead atoms. The second-order valence-corrected chi connectivity index (χ2v) is 20.1.